The molecule has 0 bridgehead atoms. The lowest BCUT2D eigenvalue weighted by atomic mass is 10.2. The second-order valence-corrected chi connectivity index (χ2v) is 6.92. The summed E-state index contributed by atoms with van der Waals surface area (Å²) in [6.07, 6.45) is -0.779. The van der Waals surface area contributed by atoms with Gasteiger partial charge in [0.1, 0.15) is 19.3 Å². The van der Waals surface area contributed by atoms with E-state index in [2.05, 4.69) is 25.3 Å². The van der Waals surface area contributed by atoms with Crippen LogP contribution in [0.5, 0.6) is 0 Å². The van der Waals surface area contributed by atoms with Crippen molar-refractivity contribution < 1.29 is 24.2 Å². The van der Waals surface area contributed by atoms with E-state index in [-0.39, 0.29) is 31.2 Å². The van der Waals surface area contributed by atoms with E-state index < -0.39 is 12.1 Å². The molecule has 0 saturated carbocycles. The summed E-state index contributed by atoms with van der Waals surface area (Å²) < 4.78 is 9.73. The van der Waals surface area contributed by atoms with Gasteiger partial charge in [0.05, 0.1) is 6.42 Å². The molecule has 0 saturated heterocycles. The molecule has 1 aromatic rings. The zero-order valence-corrected chi connectivity index (χ0v) is 16.0. The fourth-order valence-electron chi connectivity index (χ4n) is 1.77. The van der Waals surface area contributed by atoms with Crippen LogP contribution in [-0.4, -0.2) is 42.1 Å². The van der Waals surface area contributed by atoms with E-state index in [1.807, 2.05) is 18.2 Å². The van der Waals surface area contributed by atoms with Gasteiger partial charge in [-0.05, 0) is 18.1 Å². The molecule has 0 radical (unpaired) electrons. The van der Waals surface area contributed by atoms with Crippen LogP contribution in [0.2, 0.25) is 0 Å². The van der Waals surface area contributed by atoms with Crippen molar-refractivity contribution in [1.82, 2.24) is 0 Å². The minimum atomic E-state index is -1.04. The van der Waals surface area contributed by atoms with E-state index in [4.69, 9.17) is 9.47 Å². The molecule has 1 N–H and O–H groups in total. The Morgan fingerprint density at radius 1 is 1.28 bits per heavy atom. The third-order valence-electron chi connectivity index (χ3n) is 3.09. The maximum atomic E-state index is 11.6. The predicted octanol–water partition coefficient (Wildman–Crippen LogP) is 2.76. The first-order chi connectivity index (χ1) is 11.9. The number of hydrogen-bond donors (Lipinski definition) is 2. The normalized spacial score (nSPS) is 11.6. The molecule has 0 heterocycles. The Bertz CT molecular complexity index is 589. The Hall–Kier alpha value is -1.44. The highest BCUT2D eigenvalue weighted by Crippen LogP contribution is 2.15. The molecular formula is C18H24O5S2. The van der Waals surface area contributed by atoms with Crippen LogP contribution >= 0.6 is 24.4 Å². The van der Waals surface area contributed by atoms with Crippen molar-refractivity contribution in [3.05, 3.63) is 47.5 Å². The molecule has 1 atom stereocenters. The predicted molar refractivity (Wildman–Crippen MR) is 103 cm³/mol. The van der Waals surface area contributed by atoms with Gasteiger partial charge >= 0.3 is 11.9 Å². The Balaban J connectivity index is 2.14. The standard InChI is InChI=1S/C18H24O5S2/c1-13(2)18(21)23-10-16(19)9-22-17(20)6-7-25-12-15-5-3-4-14(8-15)11-24/h3-5,8,16,19,24H,1,6-7,9-12H2,2H3. The van der Waals surface area contributed by atoms with Gasteiger partial charge in [-0.1, -0.05) is 30.8 Å². The Kier molecular flexibility index (Phi) is 10.4. The zero-order valence-electron chi connectivity index (χ0n) is 14.3. The number of thiol groups is 1. The van der Waals surface area contributed by atoms with E-state index in [0.717, 1.165) is 5.75 Å². The highest BCUT2D eigenvalue weighted by Gasteiger charge is 2.12. The number of benzene rings is 1. The first-order valence-corrected chi connectivity index (χ1v) is 9.63. The quantitative estimate of drug-likeness (QED) is 0.265. The molecular weight excluding hydrogens is 360 g/mol. The smallest absolute Gasteiger partial charge is 0.333 e. The summed E-state index contributed by atoms with van der Waals surface area (Å²) in [6.45, 7) is 4.52. The van der Waals surface area contributed by atoms with E-state index in [0.29, 0.717) is 11.5 Å². The summed E-state index contributed by atoms with van der Waals surface area (Å²) in [5.41, 5.74) is 2.61. The van der Waals surface area contributed by atoms with Gasteiger partial charge in [0.15, 0.2) is 0 Å². The summed E-state index contributed by atoms with van der Waals surface area (Å²) >= 11 is 5.89. The average molecular weight is 385 g/mol. The lowest BCUT2D eigenvalue weighted by Crippen LogP contribution is -2.25. The summed E-state index contributed by atoms with van der Waals surface area (Å²) in [7, 11) is 0. The molecule has 0 aliphatic heterocycles. The van der Waals surface area contributed by atoms with E-state index >= 15 is 0 Å². The zero-order chi connectivity index (χ0) is 18.7. The van der Waals surface area contributed by atoms with Gasteiger partial charge in [0.25, 0.3) is 0 Å². The molecule has 5 nitrogen and oxygen atoms in total. The van der Waals surface area contributed by atoms with Gasteiger partial charge in [0.2, 0.25) is 0 Å². The van der Waals surface area contributed by atoms with E-state index in [9.17, 15) is 14.7 Å². The second-order valence-electron chi connectivity index (χ2n) is 5.50. The number of carbonyl (C=O) groups is 2. The molecule has 1 aromatic carbocycles. The number of thioether (sulfide) groups is 1. The molecule has 0 aliphatic rings. The van der Waals surface area contributed by atoms with Gasteiger partial charge in [-0.2, -0.15) is 24.4 Å². The Morgan fingerprint density at radius 2 is 1.96 bits per heavy atom. The van der Waals surface area contributed by atoms with Crippen LogP contribution in [0.15, 0.2) is 36.4 Å². The number of aliphatic hydroxyl groups excluding tert-OH is 1. The van der Waals surface area contributed by atoms with Crippen molar-refractivity contribution in [3.8, 4) is 0 Å². The first kappa shape index (κ1) is 21.6. The molecule has 1 unspecified atom stereocenters. The van der Waals surface area contributed by atoms with Gasteiger partial charge in [-0.25, -0.2) is 4.79 Å². The van der Waals surface area contributed by atoms with Crippen molar-refractivity contribution in [3.63, 3.8) is 0 Å². The van der Waals surface area contributed by atoms with Crippen molar-refractivity contribution in [2.45, 2.75) is 31.0 Å². The molecule has 0 aromatic heterocycles. The highest BCUT2D eigenvalue weighted by atomic mass is 32.2. The minimum Gasteiger partial charge on any atom is -0.463 e. The summed E-state index contributed by atoms with van der Waals surface area (Å²) in [5.74, 6) is 1.18. The largest absolute Gasteiger partial charge is 0.463 e. The number of hydrogen-bond acceptors (Lipinski definition) is 7. The number of carbonyl (C=O) groups excluding carboxylic acids is 2. The molecule has 0 aliphatic carbocycles. The molecule has 25 heavy (non-hydrogen) atoms. The first-order valence-electron chi connectivity index (χ1n) is 7.85. The monoisotopic (exact) mass is 384 g/mol. The van der Waals surface area contributed by atoms with Crippen LogP contribution in [0.4, 0.5) is 0 Å². The van der Waals surface area contributed by atoms with Gasteiger partial charge in [-0.15, -0.1) is 0 Å². The number of ether oxygens (including phenoxy) is 2. The summed E-state index contributed by atoms with van der Waals surface area (Å²) in [4.78, 5) is 22.8. The number of esters is 2. The molecule has 0 spiro atoms. The van der Waals surface area contributed by atoms with E-state index in [1.54, 1.807) is 11.8 Å². The third-order valence-corrected chi connectivity index (χ3v) is 4.48. The second kappa shape index (κ2) is 12.0. The van der Waals surface area contributed by atoms with Crippen molar-refractivity contribution in [2.75, 3.05) is 19.0 Å². The lowest BCUT2D eigenvalue weighted by molar-refractivity contribution is -0.150. The van der Waals surface area contributed by atoms with E-state index in [1.165, 1.54) is 18.1 Å². The highest BCUT2D eigenvalue weighted by molar-refractivity contribution is 7.98. The molecule has 7 heteroatoms. The lowest BCUT2D eigenvalue weighted by Gasteiger charge is -2.12. The van der Waals surface area contributed by atoms with Crippen molar-refractivity contribution in [1.29, 1.82) is 0 Å². The van der Waals surface area contributed by atoms with Crippen LogP contribution in [0.1, 0.15) is 24.5 Å². The maximum absolute atomic E-state index is 11.6. The fourth-order valence-corrected chi connectivity index (χ4v) is 2.84. The van der Waals surface area contributed by atoms with Gasteiger partial charge in [-0.3, -0.25) is 4.79 Å². The maximum Gasteiger partial charge on any atom is 0.333 e. The van der Waals surface area contributed by atoms with Gasteiger partial charge < -0.3 is 14.6 Å². The summed E-state index contributed by atoms with van der Waals surface area (Å²) in [6, 6.07) is 8.16. The number of rotatable bonds is 11. The topological polar surface area (TPSA) is 72.8 Å². The van der Waals surface area contributed by atoms with Crippen molar-refractivity contribution >= 4 is 36.3 Å². The van der Waals surface area contributed by atoms with Crippen LogP contribution in [0.3, 0.4) is 0 Å². The minimum absolute atomic E-state index is 0.197. The van der Waals surface area contributed by atoms with Crippen LogP contribution < -0.4 is 0 Å². The number of aliphatic hydroxyl groups is 1. The van der Waals surface area contributed by atoms with Gasteiger partial charge in [0, 0.05) is 22.8 Å². The Labute approximate surface area is 158 Å². The van der Waals surface area contributed by atoms with Crippen LogP contribution in [-0.2, 0) is 30.6 Å². The SMILES string of the molecule is C=C(C)C(=O)OCC(O)COC(=O)CCSCc1cccc(CS)c1. The summed E-state index contributed by atoms with van der Waals surface area (Å²) in [5, 5.41) is 9.60. The third kappa shape index (κ3) is 9.57. The Morgan fingerprint density at radius 3 is 2.64 bits per heavy atom. The molecule has 0 fully saturated rings. The average Bonchev–Trinajstić information content (AvgIpc) is 2.61. The molecule has 138 valence electrons. The molecule has 1 rings (SSSR count). The van der Waals surface area contributed by atoms with Crippen LogP contribution in [0, 0.1) is 0 Å². The van der Waals surface area contributed by atoms with Crippen LogP contribution in [0.25, 0.3) is 0 Å². The molecule has 0 amide bonds. The fraction of sp³-hybridized carbons (Fsp3) is 0.444. The van der Waals surface area contributed by atoms with Crippen molar-refractivity contribution in [2.24, 2.45) is 0 Å².